The van der Waals surface area contributed by atoms with E-state index in [9.17, 15) is 4.79 Å². The van der Waals surface area contributed by atoms with Gasteiger partial charge >= 0.3 is 0 Å². The fraction of sp³-hybridized carbons (Fsp3) is 0.111. The molecule has 23 heavy (non-hydrogen) atoms. The van der Waals surface area contributed by atoms with Crippen molar-refractivity contribution in [2.45, 2.75) is 6.92 Å². The quantitative estimate of drug-likeness (QED) is 0.787. The molecule has 116 valence electrons. The van der Waals surface area contributed by atoms with E-state index in [1.165, 1.54) is 11.3 Å². The van der Waals surface area contributed by atoms with Crippen LogP contribution >= 0.6 is 11.3 Å². The predicted molar refractivity (Wildman–Crippen MR) is 95.8 cm³/mol. The van der Waals surface area contributed by atoms with Gasteiger partial charge in [0.05, 0.1) is 5.69 Å². The molecule has 4 nitrogen and oxygen atoms in total. The molecule has 0 spiro atoms. The minimum absolute atomic E-state index is 0.0771. The largest absolute Gasteiger partial charge is 0.375 e. The maximum Gasteiger partial charge on any atom is 0.270 e. The van der Waals surface area contributed by atoms with Crippen LogP contribution in [0.2, 0.25) is 0 Å². The summed E-state index contributed by atoms with van der Waals surface area (Å²) in [7, 11) is 0. The zero-order chi connectivity index (χ0) is 16.2. The summed E-state index contributed by atoms with van der Waals surface area (Å²) < 4.78 is 0. The summed E-state index contributed by atoms with van der Waals surface area (Å²) in [6, 6.07) is 19.3. The number of carbonyl (C=O) groups is 1. The number of hydrogen-bond acceptors (Lipinski definition) is 4. The van der Waals surface area contributed by atoms with E-state index < -0.39 is 0 Å². The molecule has 0 fully saturated rings. The zero-order valence-electron chi connectivity index (χ0n) is 12.8. The van der Waals surface area contributed by atoms with Crippen molar-refractivity contribution >= 4 is 28.1 Å². The summed E-state index contributed by atoms with van der Waals surface area (Å²) in [5.74, 6) is -0.0771. The number of hydrogen-bond donors (Lipinski definition) is 1. The van der Waals surface area contributed by atoms with E-state index in [1.807, 2.05) is 67.6 Å². The number of thiazole rings is 1. The molecule has 1 amide bonds. The van der Waals surface area contributed by atoms with E-state index in [0.29, 0.717) is 22.2 Å². The van der Waals surface area contributed by atoms with Gasteiger partial charge in [0.2, 0.25) is 0 Å². The maximum atomic E-state index is 13.0. The van der Waals surface area contributed by atoms with E-state index >= 15 is 0 Å². The Morgan fingerprint density at radius 3 is 2.30 bits per heavy atom. The molecule has 0 radical (unpaired) electrons. The standard InChI is InChI=1S/C18H17N3OS/c1-2-21(14-11-7-4-8-12-14)17(22)16-15(20-18(19)23-16)13-9-5-3-6-10-13/h3-12H,2H2,1H3,(H2,19,20). The fourth-order valence-electron chi connectivity index (χ4n) is 2.45. The van der Waals surface area contributed by atoms with E-state index in [2.05, 4.69) is 4.98 Å². The van der Waals surface area contributed by atoms with Crippen molar-refractivity contribution < 1.29 is 4.79 Å². The third-order valence-electron chi connectivity index (χ3n) is 3.51. The van der Waals surface area contributed by atoms with Gasteiger partial charge in [0.25, 0.3) is 5.91 Å². The van der Waals surface area contributed by atoms with Crippen molar-refractivity contribution in [3.8, 4) is 11.3 Å². The summed E-state index contributed by atoms with van der Waals surface area (Å²) in [5.41, 5.74) is 8.28. The summed E-state index contributed by atoms with van der Waals surface area (Å²) >= 11 is 1.23. The molecule has 0 unspecified atom stereocenters. The molecule has 1 aromatic heterocycles. The lowest BCUT2D eigenvalue weighted by Gasteiger charge is -2.20. The maximum absolute atomic E-state index is 13.0. The average molecular weight is 323 g/mol. The van der Waals surface area contributed by atoms with Crippen LogP contribution in [0, 0.1) is 0 Å². The normalized spacial score (nSPS) is 10.5. The van der Waals surface area contributed by atoms with E-state index in [4.69, 9.17) is 5.73 Å². The lowest BCUT2D eigenvalue weighted by Crippen LogP contribution is -2.30. The van der Waals surface area contributed by atoms with Crippen LogP contribution in [-0.4, -0.2) is 17.4 Å². The highest BCUT2D eigenvalue weighted by Gasteiger charge is 2.23. The van der Waals surface area contributed by atoms with Crippen molar-refractivity contribution in [1.29, 1.82) is 0 Å². The highest BCUT2D eigenvalue weighted by Crippen LogP contribution is 2.31. The molecule has 0 aliphatic carbocycles. The van der Waals surface area contributed by atoms with Crippen molar-refractivity contribution in [3.05, 3.63) is 65.5 Å². The van der Waals surface area contributed by atoms with Crippen LogP contribution in [0.1, 0.15) is 16.6 Å². The van der Waals surface area contributed by atoms with Crippen LogP contribution in [0.25, 0.3) is 11.3 Å². The van der Waals surface area contributed by atoms with Gasteiger partial charge in [-0.2, -0.15) is 0 Å². The smallest absolute Gasteiger partial charge is 0.270 e. The molecule has 3 aromatic rings. The number of benzene rings is 2. The predicted octanol–water partition coefficient (Wildman–Crippen LogP) is 4.06. The number of anilines is 2. The first-order valence-corrected chi connectivity index (χ1v) is 8.21. The first-order valence-electron chi connectivity index (χ1n) is 7.39. The number of nitrogens with zero attached hydrogens (tertiary/aromatic N) is 2. The van der Waals surface area contributed by atoms with Gasteiger partial charge < -0.3 is 10.6 Å². The van der Waals surface area contributed by atoms with Gasteiger partial charge in [-0.05, 0) is 19.1 Å². The van der Waals surface area contributed by atoms with Gasteiger partial charge in [-0.3, -0.25) is 4.79 Å². The van der Waals surface area contributed by atoms with Crippen LogP contribution in [0.3, 0.4) is 0 Å². The van der Waals surface area contributed by atoms with E-state index in [0.717, 1.165) is 11.3 Å². The van der Waals surface area contributed by atoms with Gasteiger partial charge in [0.1, 0.15) is 4.88 Å². The highest BCUT2D eigenvalue weighted by molar-refractivity contribution is 7.17. The van der Waals surface area contributed by atoms with Crippen LogP contribution in [0.4, 0.5) is 10.8 Å². The Kier molecular flexibility index (Phi) is 4.39. The molecule has 0 saturated heterocycles. The third-order valence-corrected chi connectivity index (χ3v) is 4.39. The number of rotatable bonds is 4. The van der Waals surface area contributed by atoms with Gasteiger partial charge in [-0.25, -0.2) is 4.98 Å². The number of aromatic nitrogens is 1. The van der Waals surface area contributed by atoms with E-state index in [-0.39, 0.29) is 5.91 Å². The Labute approximate surface area is 139 Å². The molecule has 0 aliphatic heterocycles. The number of para-hydroxylation sites is 1. The van der Waals surface area contributed by atoms with Crippen molar-refractivity contribution in [2.24, 2.45) is 0 Å². The number of nitrogens with two attached hydrogens (primary N) is 1. The molecule has 0 aliphatic rings. The molecule has 0 bridgehead atoms. The molecule has 2 aromatic carbocycles. The third kappa shape index (κ3) is 3.10. The summed E-state index contributed by atoms with van der Waals surface area (Å²) in [4.78, 5) is 19.7. The van der Waals surface area contributed by atoms with Gasteiger partial charge in [-0.1, -0.05) is 59.9 Å². The van der Waals surface area contributed by atoms with Crippen LogP contribution in [-0.2, 0) is 0 Å². The lowest BCUT2D eigenvalue weighted by atomic mass is 10.1. The summed E-state index contributed by atoms with van der Waals surface area (Å²) in [6.07, 6.45) is 0. The first kappa shape index (κ1) is 15.2. The molecule has 3 rings (SSSR count). The minimum atomic E-state index is -0.0771. The van der Waals surface area contributed by atoms with Crippen LogP contribution in [0.5, 0.6) is 0 Å². The van der Waals surface area contributed by atoms with E-state index in [1.54, 1.807) is 4.90 Å². The molecule has 5 heteroatoms. The topological polar surface area (TPSA) is 59.2 Å². The fourth-order valence-corrected chi connectivity index (χ4v) is 3.25. The minimum Gasteiger partial charge on any atom is -0.375 e. The van der Waals surface area contributed by atoms with Crippen LogP contribution in [0.15, 0.2) is 60.7 Å². The second kappa shape index (κ2) is 6.62. The SMILES string of the molecule is CCN(C(=O)c1sc(N)nc1-c1ccccc1)c1ccccc1. The van der Waals surface area contributed by atoms with Gasteiger partial charge in [-0.15, -0.1) is 0 Å². The second-order valence-corrected chi connectivity index (χ2v) is 6.01. The first-order chi connectivity index (χ1) is 11.2. The molecule has 1 heterocycles. The second-order valence-electron chi connectivity index (χ2n) is 4.98. The molecule has 0 atom stereocenters. The molecular formula is C18H17N3OS. The molecular weight excluding hydrogens is 306 g/mol. The average Bonchev–Trinajstić information content (AvgIpc) is 2.99. The van der Waals surface area contributed by atoms with Crippen LogP contribution < -0.4 is 10.6 Å². The van der Waals surface area contributed by atoms with Crippen molar-refractivity contribution in [2.75, 3.05) is 17.2 Å². The Bertz CT molecular complexity index is 800. The number of nitrogen functional groups attached to an aromatic ring is 1. The molecule has 2 N–H and O–H groups in total. The number of amides is 1. The zero-order valence-corrected chi connectivity index (χ0v) is 13.6. The Morgan fingerprint density at radius 2 is 1.70 bits per heavy atom. The summed E-state index contributed by atoms with van der Waals surface area (Å²) in [5, 5.41) is 0.399. The Hall–Kier alpha value is -2.66. The lowest BCUT2D eigenvalue weighted by molar-refractivity contribution is 0.0992. The van der Waals surface area contributed by atoms with Gasteiger partial charge in [0.15, 0.2) is 5.13 Å². The number of carbonyl (C=O) groups excluding carboxylic acids is 1. The van der Waals surface area contributed by atoms with Crippen molar-refractivity contribution in [3.63, 3.8) is 0 Å². The Balaban J connectivity index is 2.03. The van der Waals surface area contributed by atoms with Gasteiger partial charge in [0, 0.05) is 17.8 Å². The summed E-state index contributed by atoms with van der Waals surface area (Å²) in [6.45, 7) is 2.53. The van der Waals surface area contributed by atoms with Crippen molar-refractivity contribution in [1.82, 2.24) is 4.98 Å². The highest BCUT2D eigenvalue weighted by atomic mass is 32.1. The Morgan fingerprint density at radius 1 is 1.09 bits per heavy atom. The molecule has 0 saturated carbocycles. The monoisotopic (exact) mass is 323 g/mol.